The standard InChI is InChI=1S/C24H18N4O3S/c1-2-12-31-17-10-8-15(9-11-17)20-18(13-25)22(27)28-23(19(20)14-26)32-21(24(29)30)16-6-4-3-5-7-16/h2-11,21H,1,12H2,(H2,27,28)(H,29,30). The first kappa shape index (κ1) is 22.4. The van der Waals surface area contributed by atoms with Gasteiger partial charge in [-0.05, 0) is 23.3 Å². The summed E-state index contributed by atoms with van der Waals surface area (Å²) in [7, 11) is 0. The predicted molar refractivity (Wildman–Crippen MR) is 122 cm³/mol. The number of carboxylic acid groups (broad SMARTS) is 1. The topological polar surface area (TPSA) is 133 Å². The molecule has 3 rings (SSSR count). The first-order valence-electron chi connectivity index (χ1n) is 9.42. The molecule has 0 saturated carbocycles. The van der Waals surface area contributed by atoms with E-state index in [0.29, 0.717) is 29.0 Å². The lowest BCUT2D eigenvalue weighted by molar-refractivity contribution is -0.136. The van der Waals surface area contributed by atoms with Gasteiger partial charge in [-0.1, -0.05) is 66.9 Å². The number of ether oxygens (including phenoxy) is 1. The molecule has 7 nitrogen and oxygen atoms in total. The van der Waals surface area contributed by atoms with Gasteiger partial charge in [0.15, 0.2) is 0 Å². The minimum Gasteiger partial charge on any atom is -0.490 e. The molecule has 0 bridgehead atoms. The summed E-state index contributed by atoms with van der Waals surface area (Å²) in [6, 6.07) is 19.5. The Morgan fingerprint density at radius 2 is 1.81 bits per heavy atom. The number of anilines is 1. The van der Waals surface area contributed by atoms with E-state index >= 15 is 0 Å². The number of thioether (sulfide) groups is 1. The Kier molecular flexibility index (Phi) is 7.12. The van der Waals surface area contributed by atoms with Gasteiger partial charge in [0.05, 0.1) is 5.56 Å². The zero-order valence-corrected chi connectivity index (χ0v) is 17.7. The molecule has 0 fully saturated rings. The van der Waals surface area contributed by atoms with E-state index in [1.54, 1.807) is 60.7 Å². The maximum absolute atomic E-state index is 12.0. The van der Waals surface area contributed by atoms with Crippen LogP contribution in [0.15, 0.2) is 72.3 Å². The smallest absolute Gasteiger partial charge is 0.321 e. The maximum Gasteiger partial charge on any atom is 0.321 e. The molecule has 32 heavy (non-hydrogen) atoms. The summed E-state index contributed by atoms with van der Waals surface area (Å²) in [5, 5.41) is 28.5. The highest BCUT2D eigenvalue weighted by molar-refractivity contribution is 8.00. The minimum absolute atomic E-state index is 0.0530. The van der Waals surface area contributed by atoms with Crippen LogP contribution in [0.25, 0.3) is 11.1 Å². The Morgan fingerprint density at radius 3 is 2.38 bits per heavy atom. The quantitative estimate of drug-likeness (QED) is 0.383. The number of rotatable bonds is 8. The van der Waals surface area contributed by atoms with Crippen molar-refractivity contribution >= 4 is 23.5 Å². The normalized spacial score (nSPS) is 11.1. The Morgan fingerprint density at radius 1 is 1.16 bits per heavy atom. The number of hydrogen-bond donors (Lipinski definition) is 2. The summed E-state index contributed by atoms with van der Waals surface area (Å²) in [4.78, 5) is 16.2. The Balaban J connectivity index is 2.13. The summed E-state index contributed by atoms with van der Waals surface area (Å²) >= 11 is 0.899. The van der Waals surface area contributed by atoms with Crippen molar-refractivity contribution < 1.29 is 14.6 Å². The van der Waals surface area contributed by atoms with Crippen LogP contribution >= 0.6 is 11.8 Å². The van der Waals surface area contributed by atoms with Gasteiger partial charge in [-0.15, -0.1) is 0 Å². The van der Waals surface area contributed by atoms with Crippen LogP contribution in [-0.2, 0) is 4.79 Å². The van der Waals surface area contributed by atoms with Crippen LogP contribution in [0.5, 0.6) is 5.75 Å². The third kappa shape index (κ3) is 4.72. The second kappa shape index (κ2) is 10.2. The van der Waals surface area contributed by atoms with Crippen molar-refractivity contribution in [3.8, 4) is 29.0 Å². The molecule has 0 saturated heterocycles. The summed E-state index contributed by atoms with van der Waals surface area (Å²) in [5.41, 5.74) is 7.59. The van der Waals surface area contributed by atoms with E-state index in [1.807, 2.05) is 6.07 Å². The molecule has 158 valence electrons. The highest BCUT2D eigenvalue weighted by Gasteiger charge is 2.27. The van der Waals surface area contributed by atoms with Gasteiger partial charge >= 0.3 is 5.97 Å². The average molecular weight is 443 g/mol. The number of pyridine rings is 1. The highest BCUT2D eigenvalue weighted by atomic mass is 32.2. The van der Waals surface area contributed by atoms with E-state index < -0.39 is 11.2 Å². The number of nitrogen functional groups attached to an aromatic ring is 1. The van der Waals surface area contributed by atoms with Crippen LogP contribution in [0.3, 0.4) is 0 Å². The predicted octanol–water partition coefficient (Wildman–Crippen LogP) is 4.56. The molecular weight excluding hydrogens is 424 g/mol. The molecule has 3 aromatic rings. The molecule has 3 N–H and O–H groups in total. The summed E-state index contributed by atoms with van der Waals surface area (Å²) < 4.78 is 5.48. The van der Waals surface area contributed by atoms with Crippen molar-refractivity contribution in [2.24, 2.45) is 0 Å². The molecule has 0 aliphatic carbocycles. The SMILES string of the molecule is C=CCOc1ccc(-c2c(C#N)c(N)nc(SC(C(=O)O)c3ccccc3)c2C#N)cc1. The van der Waals surface area contributed by atoms with E-state index in [4.69, 9.17) is 10.5 Å². The van der Waals surface area contributed by atoms with Gasteiger partial charge in [0, 0.05) is 5.56 Å². The fourth-order valence-corrected chi connectivity index (χ4v) is 4.08. The monoisotopic (exact) mass is 442 g/mol. The van der Waals surface area contributed by atoms with Crippen LogP contribution in [0.2, 0.25) is 0 Å². The largest absolute Gasteiger partial charge is 0.490 e. The molecule has 0 aliphatic rings. The number of carboxylic acids is 1. The second-order valence-corrected chi connectivity index (χ2v) is 7.62. The van der Waals surface area contributed by atoms with Gasteiger partial charge in [0.2, 0.25) is 0 Å². The fourth-order valence-electron chi connectivity index (χ4n) is 3.05. The number of nitrogens with zero attached hydrogens (tertiary/aromatic N) is 3. The molecule has 1 unspecified atom stereocenters. The zero-order chi connectivity index (χ0) is 23.1. The molecule has 1 aromatic heterocycles. The molecule has 1 atom stereocenters. The van der Waals surface area contributed by atoms with Gasteiger partial charge in [0.25, 0.3) is 0 Å². The molecule has 0 radical (unpaired) electrons. The van der Waals surface area contributed by atoms with E-state index in [9.17, 15) is 20.4 Å². The first-order valence-corrected chi connectivity index (χ1v) is 10.3. The first-order chi connectivity index (χ1) is 15.5. The van der Waals surface area contributed by atoms with E-state index in [-0.39, 0.29) is 22.0 Å². The van der Waals surface area contributed by atoms with Crippen LogP contribution in [0.4, 0.5) is 5.82 Å². The Bertz CT molecular complexity index is 1230. The van der Waals surface area contributed by atoms with Gasteiger partial charge in [0.1, 0.15) is 46.2 Å². The molecule has 0 amide bonds. The summed E-state index contributed by atoms with van der Waals surface area (Å²) in [5.74, 6) is -0.564. The van der Waals surface area contributed by atoms with Crippen molar-refractivity contribution in [3.05, 3.63) is 83.9 Å². The van der Waals surface area contributed by atoms with Gasteiger partial charge in [-0.2, -0.15) is 10.5 Å². The highest BCUT2D eigenvalue weighted by Crippen LogP contribution is 2.41. The molecule has 1 heterocycles. The third-order valence-corrected chi connectivity index (χ3v) is 5.71. The van der Waals surface area contributed by atoms with E-state index in [0.717, 1.165) is 11.8 Å². The van der Waals surface area contributed by atoms with Gasteiger partial charge < -0.3 is 15.6 Å². The summed E-state index contributed by atoms with van der Waals surface area (Å²) in [6.45, 7) is 3.94. The molecule has 0 aliphatic heterocycles. The van der Waals surface area contributed by atoms with Crippen LogP contribution in [-0.4, -0.2) is 22.7 Å². The Hall–Kier alpha value is -4.27. The van der Waals surface area contributed by atoms with Crippen LogP contribution in [0.1, 0.15) is 21.9 Å². The van der Waals surface area contributed by atoms with E-state index in [1.165, 1.54) is 0 Å². The fraction of sp³-hybridized carbons (Fsp3) is 0.0833. The number of aromatic nitrogens is 1. The summed E-state index contributed by atoms with van der Waals surface area (Å²) in [6.07, 6.45) is 1.62. The molecule has 0 spiro atoms. The number of hydrogen-bond acceptors (Lipinski definition) is 7. The average Bonchev–Trinajstić information content (AvgIpc) is 2.81. The van der Waals surface area contributed by atoms with E-state index in [2.05, 4.69) is 17.6 Å². The van der Waals surface area contributed by atoms with Crippen molar-refractivity contribution in [2.75, 3.05) is 12.3 Å². The van der Waals surface area contributed by atoms with Crippen molar-refractivity contribution in [2.45, 2.75) is 10.3 Å². The van der Waals surface area contributed by atoms with Gasteiger partial charge in [-0.25, -0.2) is 4.98 Å². The number of nitriles is 2. The number of aliphatic carboxylic acids is 1. The molecule has 8 heteroatoms. The molecular formula is C24H18N4O3S. The third-order valence-electron chi connectivity index (χ3n) is 4.48. The van der Waals surface area contributed by atoms with Gasteiger partial charge in [-0.3, -0.25) is 4.79 Å². The van der Waals surface area contributed by atoms with Crippen LogP contribution in [0, 0.1) is 22.7 Å². The maximum atomic E-state index is 12.0. The van der Waals surface area contributed by atoms with Crippen LogP contribution < -0.4 is 10.5 Å². The lowest BCUT2D eigenvalue weighted by atomic mass is 9.97. The Labute approximate surface area is 189 Å². The van der Waals surface area contributed by atoms with Crippen molar-refractivity contribution in [1.29, 1.82) is 10.5 Å². The lowest BCUT2D eigenvalue weighted by Gasteiger charge is -2.16. The number of nitrogens with two attached hydrogens (primary N) is 1. The second-order valence-electron chi connectivity index (χ2n) is 6.52. The number of benzene rings is 2. The minimum atomic E-state index is -1.08. The zero-order valence-electron chi connectivity index (χ0n) is 16.9. The van der Waals surface area contributed by atoms with Crippen molar-refractivity contribution in [1.82, 2.24) is 4.98 Å². The number of carbonyl (C=O) groups is 1. The molecule has 2 aromatic carbocycles. The van der Waals surface area contributed by atoms with Crippen molar-refractivity contribution in [3.63, 3.8) is 0 Å². The lowest BCUT2D eigenvalue weighted by Crippen LogP contribution is -2.10.